The Morgan fingerprint density at radius 3 is 2.26 bits per heavy atom. The van der Waals surface area contributed by atoms with Crippen molar-refractivity contribution in [1.82, 2.24) is 0 Å². The molecule has 1 saturated heterocycles. The van der Waals surface area contributed by atoms with Gasteiger partial charge in [0, 0.05) is 11.3 Å². The van der Waals surface area contributed by atoms with E-state index in [0.717, 1.165) is 5.56 Å². The first-order valence-electron chi connectivity index (χ1n) is 12.6. The molecule has 0 radical (unpaired) electrons. The summed E-state index contributed by atoms with van der Waals surface area (Å²) in [4.78, 5) is 40.5. The van der Waals surface area contributed by atoms with Crippen molar-refractivity contribution < 1.29 is 33.7 Å². The Hall–Kier alpha value is -4.59. The number of esters is 1. The molecule has 8 heteroatoms. The Balaban J connectivity index is 1.90. The molecule has 1 aliphatic rings. The van der Waals surface area contributed by atoms with Crippen molar-refractivity contribution in [2.45, 2.75) is 32.7 Å². The molecule has 202 valence electrons. The third-order valence-corrected chi connectivity index (χ3v) is 6.64. The maximum Gasteiger partial charge on any atom is 0.338 e. The zero-order valence-electron chi connectivity index (χ0n) is 22.6. The lowest BCUT2D eigenvalue weighted by atomic mass is 9.93. The number of carbonyl (C=O) groups excluding carboxylic acids is 3. The van der Waals surface area contributed by atoms with E-state index in [1.165, 1.54) is 24.1 Å². The van der Waals surface area contributed by atoms with Crippen molar-refractivity contribution in [1.29, 1.82) is 0 Å². The largest absolute Gasteiger partial charge is 0.507 e. The van der Waals surface area contributed by atoms with Crippen molar-refractivity contribution in [3.63, 3.8) is 0 Å². The topological polar surface area (TPSA) is 102 Å². The molecule has 39 heavy (non-hydrogen) atoms. The van der Waals surface area contributed by atoms with E-state index in [1.54, 1.807) is 68.6 Å². The van der Waals surface area contributed by atoms with Gasteiger partial charge in [-0.05, 0) is 78.6 Å². The molecule has 3 aromatic rings. The second-order valence-corrected chi connectivity index (χ2v) is 9.32. The van der Waals surface area contributed by atoms with E-state index in [0.29, 0.717) is 33.9 Å². The van der Waals surface area contributed by atoms with Crippen molar-refractivity contribution in [2.24, 2.45) is 0 Å². The highest BCUT2D eigenvalue weighted by molar-refractivity contribution is 6.51. The van der Waals surface area contributed by atoms with Crippen LogP contribution in [0.4, 0.5) is 5.69 Å². The van der Waals surface area contributed by atoms with Gasteiger partial charge in [0.1, 0.15) is 17.3 Å². The second-order valence-electron chi connectivity index (χ2n) is 9.32. The number of amides is 1. The van der Waals surface area contributed by atoms with E-state index in [2.05, 4.69) is 0 Å². The molecule has 0 spiro atoms. The third-order valence-electron chi connectivity index (χ3n) is 6.64. The van der Waals surface area contributed by atoms with Crippen molar-refractivity contribution in [2.75, 3.05) is 25.7 Å². The first-order valence-corrected chi connectivity index (χ1v) is 12.6. The lowest BCUT2D eigenvalue weighted by Crippen LogP contribution is -2.29. The van der Waals surface area contributed by atoms with Gasteiger partial charge in [0.2, 0.25) is 0 Å². The van der Waals surface area contributed by atoms with Gasteiger partial charge >= 0.3 is 5.97 Å². The van der Waals surface area contributed by atoms with E-state index in [9.17, 15) is 19.5 Å². The number of rotatable bonds is 8. The molecule has 4 rings (SSSR count). The number of ketones is 1. The number of aliphatic hydroxyl groups is 1. The van der Waals surface area contributed by atoms with Crippen LogP contribution in [-0.2, 0) is 14.3 Å². The molecule has 0 saturated carbocycles. The lowest BCUT2D eigenvalue weighted by molar-refractivity contribution is -0.132. The van der Waals surface area contributed by atoms with E-state index in [1.807, 2.05) is 13.8 Å². The SMILES string of the molecule is CCOC(=O)c1ccc(N2C(=O)C(=O)/C(=C(\O)c3ccc(OC)c(C(C)C)c3)C2c2cccc(OC)c2)cc1. The predicted molar refractivity (Wildman–Crippen MR) is 147 cm³/mol. The summed E-state index contributed by atoms with van der Waals surface area (Å²) in [6.45, 7) is 5.94. The van der Waals surface area contributed by atoms with Gasteiger partial charge in [0.15, 0.2) is 0 Å². The fraction of sp³-hybridized carbons (Fsp3) is 0.258. The molecule has 1 heterocycles. The highest BCUT2D eigenvalue weighted by Gasteiger charge is 2.47. The summed E-state index contributed by atoms with van der Waals surface area (Å²) < 4.78 is 15.9. The molecule has 0 aromatic heterocycles. The predicted octanol–water partition coefficient (Wildman–Crippen LogP) is 5.63. The minimum absolute atomic E-state index is 0.0532. The van der Waals surface area contributed by atoms with Crippen LogP contribution in [0, 0.1) is 0 Å². The summed E-state index contributed by atoms with van der Waals surface area (Å²) >= 11 is 0. The Labute approximate surface area is 227 Å². The summed E-state index contributed by atoms with van der Waals surface area (Å²) in [6, 6.07) is 17.4. The van der Waals surface area contributed by atoms with E-state index in [4.69, 9.17) is 14.2 Å². The number of hydrogen-bond donors (Lipinski definition) is 1. The Morgan fingerprint density at radius 2 is 1.64 bits per heavy atom. The van der Waals surface area contributed by atoms with E-state index < -0.39 is 23.7 Å². The summed E-state index contributed by atoms with van der Waals surface area (Å²) in [7, 11) is 3.09. The maximum absolute atomic E-state index is 13.5. The number of carbonyl (C=O) groups is 3. The van der Waals surface area contributed by atoms with Crippen LogP contribution in [0.1, 0.15) is 59.8 Å². The molecule has 1 N–H and O–H groups in total. The molecule has 1 atom stereocenters. The first kappa shape index (κ1) is 27.4. The van der Waals surface area contributed by atoms with Gasteiger partial charge in [-0.3, -0.25) is 14.5 Å². The Morgan fingerprint density at radius 1 is 0.949 bits per heavy atom. The Bertz CT molecular complexity index is 1440. The molecule has 1 fully saturated rings. The number of aliphatic hydroxyl groups excluding tert-OH is 1. The van der Waals surface area contributed by atoms with Crippen LogP contribution in [0.25, 0.3) is 5.76 Å². The Kier molecular flexibility index (Phi) is 8.04. The molecule has 1 amide bonds. The molecule has 0 bridgehead atoms. The van der Waals surface area contributed by atoms with Gasteiger partial charge < -0.3 is 19.3 Å². The quantitative estimate of drug-likeness (QED) is 0.175. The van der Waals surface area contributed by atoms with Crippen molar-refractivity contribution >= 4 is 29.1 Å². The second kappa shape index (κ2) is 11.4. The lowest BCUT2D eigenvalue weighted by Gasteiger charge is -2.26. The van der Waals surface area contributed by atoms with Gasteiger partial charge in [0.25, 0.3) is 11.7 Å². The van der Waals surface area contributed by atoms with Gasteiger partial charge in [0.05, 0.1) is 38.0 Å². The molecular weight excluding hydrogens is 498 g/mol. The number of anilines is 1. The zero-order chi connectivity index (χ0) is 28.3. The zero-order valence-corrected chi connectivity index (χ0v) is 22.6. The minimum atomic E-state index is -0.946. The molecule has 8 nitrogen and oxygen atoms in total. The van der Waals surface area contributed by atoms with Crippen LogP contribution in [0.15, 0.2) is 72.3 Å². The fourth-order valence-corrected chi connectivity index (χ4v) is 4.69. The van der Waals surface area contributed by atoms with Crippen molar-refractivity contribution in [3.8, 4) is 11.5 Å². The fourth-order valence-electron chi connectivity index (χ4n) is 4.69. The number of methoxy groups -OCH3 is 2. The van der Waals surface area contributed by atoms with E-state index >= 15 is 0 Å². The van der Waals surface area contributed by atoms with Crippen LogP contribution in [-0.4, -0.2) is 43.6 Å². The van der Waals surface area contributed by atoms with Gasteiger partial charge in [-0.15, -0.1) is 0 Å². The summed E-state index contributed by atoms with van der Waals surface area (Å²) in [5.41, 5.74) is 2.46. The van der Waals surface area contributed by atoms with Gasteiger partial charge in [-0.25, -0.2) is 4.79 Å². The number of nitrogens with zero attached hydrogens (tertiary/aromatic N) is 1. The third kappa shape index (κ3) is 5.23. The van der Waals surface area contributed by atoms with Crippen LogP contribution in [0.2, 0.25) is 0 Å². The molecule has 1 aliphatic heterocycles. The monoisotopic (exact) mass is 529 g/mol. The highest BCUT2D eigenvalue weighted by atomic mass is 16.5. The van der Waals surface area contributed by atoms with Crippen molar-refractivity contribution in [3.05, 3.63) is 94.6 Å². The van der Waals surface area contributed by atoms with Crippen LogP contribution >= 0.6 is 0 Å². The van der Waals surface area contributed by atoms with Crippen LogP contribution < -0.4 is 14.4 Å². The average Bonchev–Trinajstić information content (AvgIpc) is 3.22. The highest BCUT2D eigenvalue weighted by Crippen LogP contribution is 2.43. The number of benzene rings is 3. The number of ether oxygens (including phenoxy) is 3. The summed E-state index contributed by atoms with van der Waals surface area (Å²) in [5.74, 6) is -1.13. The number of Topliss-reactive ketones (excluding diaryl/α,β-unsaturated/α-hetero) is 1. The molecule has 3 aromatic carbocycles. The van der Waals surface area contributed by atoms with Crippen LogP contribution in [0.3, 0.4) is 0 Å². The maximum atomic E-state index is 13.5. The summed E-state index contributed by atoms with van der Waals surface area (Å²) in [5, 5.41) is 11.5. The normalized spacial score (nSPS) is 16.5. The number of hydrogen-bond acceptors (Lipinski definition) is 7. The minimum Gasteiger partial charge on any atom is -0.507 e. The molecule has 0 aliphatic carbocycles. The smallest absolute Gasteiger partial charge is 0.338 e. The first-order chi connectivity index (χ1) is 18.7. The average molecular weight is 530 g/mol. The van der Waals surface area contributed by atoms with E-state index in [-0.39, 0.29) is 23.9 Å². The van der Waals surface area contributed by atoms with Gasteiger partial charge in [-0.1, -0.05) is 26.0 Å². The molecule has 1 unspecified atom stereocenters. The standard InChI is InChI=1S/C31H31NO7/c1-6-39-31(36)19-10-13-22(14-11-19)32-27(20-8-7-9-23(16-20)37-4)26(29(34)30(32)35)28(33)21-12-15-25(38-5)24(17-21)18(2)3/h7-18,27,33H,6H2,1-5H3/b28-26-. The molecular formula is C31H31NO7. The van der Waals surface area contributed by atoms with Crippen LogP contribution in [0.5, 0.6) is 11.5 Å². The van der Waals surface area contributed by atoms with Gasteiger partial charge in [-0.2, -0.15) is 0 Å². The summed E-state index contributed by atoms with van der Waals surface area (Å²) in [6.07, 6.45) is 0.